The first-order chi connectivity index (χ1) is 11.3. The monoisotopic (exact) mass is 336 g/mol. The minimum absolute atomic E-state index is 0.107. The molecule has 2 amide bonds. The molecule has 0 saturated carbocycles. The fourth-order valence-corrected chi connectivity index (χ4v) is 2.02. The zero-order chi connectivity index (χ0) is 17.7. The van der Waals surface area contributed by atoms with Crippen LogP contribution in [0.5, 0.6) is 0 Å². The fourth-order valence-electron chi connectivity index (χ4n) is 2.02. The summed E-state index contributed by atoms with van der Waals surface area (Å²) in [4.78, 5) is 23.7. The fraction of sp³-hybridized carbons (Fsp3) is 0.176. The largest absolute Gasteiger partial charge is 0.416 e. The molecule has 2 N–H and O–H groups in total. The minimum atomic E-state index is -4.45. The number of carbonyl (C=O) groups excluding carboxylic acids is 2. The molecule has 0 saturated heterocycles. The molecule has 0 aromatic heterocycles. The predicted molar refractivity (Wildman–Crippen MR) is 83.1 cm³/mol. The zero-order valence-corrected chi connectivity index (χ0v) is 12.7. The Balaban J connectivity index is 1.95. The lowest BCUT2D eigenvalue weighted by atomic mass is 10.1. The van der Waals surface area contributed by atoms with Crippen LogP contribution in [0.2, 0.25) is 0 Å². The number of hydrogen-bond acceptors (Lipinski definition) is 2. The van der Waals surface area contributed by atoms with E-state index in [-0.39, 0.29) is 11.7 Å². The Hall–Kier alpha value is -2.83. The smallest absolute Gasteiger partial charge is 0.341 e. The summed E-state index contributed by atoms with van der Waals surface area (Å²) in [5, 5.41) is 4.78. The second kappa shape index (κ2) is 7.16. The summed E-state index contributed by atoms with van der Waals surface area (Å²) in [5.41, 5.74) is 0.103. The molecule has 0 radical (unpaired) electrons. The van der Waals surface area contributed by atoms with E-state index in [4.69, 9.17) is 0 Å². The molecule has 0 aliphatic carbocycles. The van der Waals surface area contributed by atoms with E-state index in [1.54, 1.807) is 31.2 Å². The van der Waals surface area contributed by atoms with Gasteiger partial charge in [-0.05, 0) is 36.8 Å². The maximum absolute atomic E-state index is 12.5. The number of anilines is 1. The van der Waals surface area contributed by atoms with Gasteiger partial charge in [0, 0.05) is 5.69 Å². The van der Waals surface area contributed by atoms with Crippen molar-refractivity contribution in [3.63, 3.8) is 0 Å². The van der Waals surface area contributed by atoms with E-state index in [0.717, 1.165) is 29.8 Å². The Kier molecular flexibility index (Phi) is 5.23. The average Bonchev–Trinajstić information content (AvgIpc) is 2.55. The van der Waals surface area contributed by atoms with E-state index in [0.29, 0.717) is 0 Å². The normalized spacial score (nSPS) is 12.3. The van der Waals surface area contributed by atoms with Gasteiger partial charge in [0.1, 0.15) is 0 Å². The van der Waals surface area contributed by atoms with Crippen molar-refractivity contribution in [2.45, 2.75) is 19.1 Å². The van der Waals surface area contributed by atoms with Crippen molar-refractivity contribution in [1.82, 2.24) is 5.32 Å². The van der Waals surface area contributed by atoms with Crippen LogP contribution in [0.3, 0.4) is 0 Å². The SMILES string of the molecule is CC(NC(=O)C(=O)Nc1ccc(C(F)(F)F)cc1)c1ccccc1. The second-order valence-corrected chi connectivity index (χ2v) is 5.14. The van der Waals surface area contributed by atoms with E-state index in [2.05, 4.69) is 10.6 Å². The molecule has 2 aromatic carbocycles. The first-order valence-corrected chi connectivity index (χ1v) is 7.11. The third-order valence-electron chi connectivity index (χ3n) is 3.32. The summed E-state index contributed by atoms with van der Waals surface area (Å²) in [6, 6.07) is 12.5. The quantitative estimate of drug-likeness (QED) is 0.843. The topological polar surface area (TPSA) is 58.2 Å². The predicted octanol–water partition coefficient (Wildman–Crippen LogP) is 3.52. The summed E-state index contributed by atoms with van der Waals surface area (Å²) < 4.78 is 37.4. The highest BCUT2D eigenvalue weighted by atomic mass is 19.4. The molecule has 4 nitrogen and oxygen atoms in total. The standard InChI is InChI=1S/C17H15F3N2O2/c1-11(12-5-3-2-4-6-12)21-15(23)16(24)22-14-9-7-13(8-10-14)17(18,19)20/h2-11H,1H3,(H,21,23)(H,22,24). The first-order valence-electron chi connectivity index (χ1n) is 7.11. The molecule has 0 aliphatic rings. The highest BCUT2D eigenvalue weighted by Crippen LogP contribution is 2.29. The Morgan fingerprint density at radius 2 is 1.50 bits per heavy atom. The Bertz CT molecular complexity index is 713. The van der Waals surface area contributed by atoms with E-state index < -0.39 is 23.6 Å². The van der Waals surface area contributed by atoms with Gasteiger partial charge in [0.25, 0.3) is 0 Å². The van der Waals surface area contributed by atoms with Gasteiger partial charge in [-0.2, -0.15) is 13.2 Å². The molecule has 7 heteroatoms. The Morgan fingerprint density at radius 3 is 2.04 bits per heavy atom. The molecule has 0 spiro atoms. The zero-order valence-electron chi connectivity index (χ0n) is 12.7. The highest BCUT2D eigenvalue weighted by molar-refractivity contribution is 6.39. The van der Waals surface area contributed by atoms with Crippen LogP contribution >= 0.6 is 0 Å². The average molecular weight is 336 g/mol. The third-order valence-corrected chi connectivity index (χ3v) is 3.32. The lowest BCUT2D eigenvalue weighted by Crippen LogP contribution is -2.36. The van der Waals surface area contributed by atoms with Gasteiger partial charge in [0.15, 0.2) is 0 Å². The maximum atomic E-state index is 12.5. The molecule has 0 bridgehead atoms. The van der Waals surface area contributed by atoms with Crippen molar-refractivity contribution >= 4 is 17.5 Å². The molecule has 24 heavy (non-hydrogen) atoms. The molecule has 1 atom stereocenters. The highest BCUT2D eigenvalue weighted by Gasteiger charge is 2.30. The number of alkyl halides is 3. The molecular formula is C17H15F3N2O2. The van der Waals surface area contributed by atoms with Crippen molar-refractivity contribution < 1.29 is 22.8 Å². The number of hydrogen-bond donors (Lipinski definition) is 2. The van der Waals surface area contributed by atoms with E-state index >= 15 is 0 Å². The number of nitrogens with one attached hydrogen (secondary N) is 2. The van der Waals surface area contributed by atoms with Gasteiger partial charge in [-0.3, -0.25) is 9.59 Å². The van der Waals surface area contributed by atoms with Gasteiger partial charge in [-0.1, -0.05) is 30.3 Å². The minimum Gasteiger partial charge on any atom is -0.341 e. The molecule has 2 rings (SSSR count). The van der Waals surface area contributed by atoms with Crippen molar-refractivity contribution in [2.75, 3.05) is 5.32 Å². The number of carbonyl (C=O) groups is 2. The van der Waals surface area contributed by atoms with Gasteiger partial charge >= 0.3 is 18.0 Å². The number of rotatable bonds is 3. The van der Waals surface area contributed by atoms with E-state index in [9.17, 15) is 22.8 Å². The van der Waals surface area contributed by atoms with Gasteiger partial charge < -0.3 is 10.6 Å². The van der Waals surface area contributed by atoms with Crippen molar-refractivity contribution in [1.29, 1.82) is 0 Å². The van der Waals surface area contributed by atoms with Crippen LogP contribution in [-0.4, -0.2) is 11.8 Å². The molecule has 2 aromatic rings. The molecule has 0 fully saturated rings. The number of halogens is 3. The first kappa shape index (κ1) is 17.5. The molecule has 126 valence electrons. The summed E-state index contributed by atoms with van der Waals surface area (Å²) in [7, 11) is 0. The van der Waals surface area contributed by atoms with E-state index in [1.165, 1.54) is 0 Å². The van der Waals surface area contributed by atoms with Crippen LogP contribution in [0, 0.1) is 0 Å². The summed E-state index contributed by atoms with van der Waals surface area (Å²) >= 11 is 0. The van der Waals surface area contributed by atoms with Crippen LogP contribution in [0.4, 0.5) is 18.9 Å². The Labute approximate surface area is 136 Å². The van der Waals surface area contributed by atoms with Crippen LogP contribution in [-0.2, 0) is 15.8 Å². The van der Waals surface area contributed by atoms with Crippen LogP contribution in [0.1, 0.15) is 24.1 Å². The summed E-state index contributed by atoms with van der Waals surface area (Å²) in [6.07, 6.45) is -4.45. The van der Waals surface area contributed by atoms with Crippen molar-refractivity contribution in [3.8, 4) is 0 Å². The van der Waals surface area contributed by atoms with Crippen molar-refractivity contribution in [2.24, 2.45) is 0 Å². The van der Waals surface area contributed by atoms with Gasteiger partial charge in [-0.25, -0.2) is 0 Å². The molecular weight excluding hydrogens is 321 g/mol. The Morgan fingerprint density at radius 1 is 0.917 bits per heavy atom. The number of amides is 2. The summed E-state index contributed by atoms with van der Waals surface area (Å²) in [6.45, 7) is 1.72. The molecule has 0 aliphatic heterocycles. The van der Waals surface area contributed by atoms with Gasteiger partial charge in [0.2, 0.25) is 0 Å². The van der Waals surface area contributed by atoms with Gasteiger partial charge in [-0.15, -0.1) is 0 Å². The lowest BCUT2D eigenvalue weighted by molar-refractivity contribution is -0.137. The van der Waals surface area contributed by atoms with Crippen LogP contribution < -0.4 is 10.6 Å². The van der Waals surface area contributed by atoms with Crippen LogP contribution in [0.25, 0.3) is 0 Å². The maximum Gasteiger partial charge on any atom is 0.416 e. The van der Waals surface area contributed by atoms with Crippen LogP contribution in [0.15, 0.2) is 54.6 Å². The summed E-state index contributed by atoms with van der Waals surface area (Å²) in [5.74, 6) is -1.82. The molecule has 1 unspecified atom stereocenters. The second-order valence-electron chi connectivity index (χ2n) is 5.14. The number of benzene rings is 2. The van der Waals surface area contributed by atoms with E-state index in [1.807, 2.05) is 6.07 Å². The third kappa shape index (κ3) is 4.58. The molecule has 0 heterocycles. The van der Waals surface area contributed by atoms with Gasteiger partial charge in [0.05, 0.1) is 11.6 Å². The van der Waals surface area contributed by atoms with Crippen molar-refractivity contribution in [3.05, 3.63) is 65.7 Å². The lowest BCUT2D eigenvalue weighted by Gasteiger charge is -2.14.